The number of hydrogen-bond acceptors (Lipinski definition) is 1. The second-order valence-electron chi connectivity index (χ2n) is 14.4. The Kier molecular flexibility index (Phi) is 6.32. The molecule has 0 saturated heterocycles. The summed E-state index contributed by atoms with van der Waals surface area (Å²) < 4.78 is 2.79. The van der Waals surface area contributed by atoms with Gasteiger partial charge in [0.05, 0.1) is 0 Å². The van der Waals surface area contributed by atoms with Crippen molar-refractivity contribution in [2.75, 3.05) is 0 Å². The van der Waals surface area contributed by atoms with Gasteiger partial charge in [-0.05, 0) is 114 Å². The van der Waals surface area contributed by atoms with Gasteiger partial charge in [0.1, 0.15) is 0 Å². The van der Waals surface area contributed by atoms with E-state index in [9.17, 15) is 0 Å². The Morgan fingerprint density at radius 3 is 1.66 bits per heavy atom. The first-order valence-electron chi connectivity index (χ1n) is 17.6. The van der Waals surface area contributed by atoms with Gasteiger partial charge in [-0.1, -0.05) is 147 Å². The molecule has 0 atom stereocenters. The van der Waals surface area contributed by atoms with E-state index in [0.717, 1.165) is 0 Å². The summed E-state index contributed by atoms with van der Waals surface area (Å²) in [6.07, 6.45) is 4.31. The molecule has 0 fully saturated rings. The molecule has 1 heteroatoms. The first-order valence-corrected chi connectivity index (χ1v) is 18.5. The minimum atomic E-state index is -0.128. The summed E-state index contributed by atoms with van der Waals surface area (Å²) in [5.41, 5.74) is 13.2. The SMILES string of the molecule is C/C=C\c1ccc(-c2c3ccccc3c(-c3ccc4c(c3)-c3c(c5sc6ccccc6c5c5ccccc35)C4(C)C)c3ccccc23)cc1C. The Balaban J connectivity index is 1.28. The average Bonchev–Trinajstić information content (AvgIpc) is 3.64. The highest BCUT2D eigenvalue weighted by molar-refractivity contribution is 7.26. The summed E-state index contributed by atoms with van der Waals surface area (Å²) in [5.74, 6) is 0. The van der Waals surface area contributed by atoms with Gasteiger partial charge in [0.25, 0.3) is 0 Å². The van der Waals surface area contributed by atoms with E-state index in [-0.39, 0.29) is 5.41 Å². The van der Waals surface area contributed by atoms with Crippen LogP contribution in [0, 0.1) is 6.92 Å². The lowest BCUT2D eigenvalue weighted by molar-refractivity contribution is 0.667. The van der Waals surface area contributed by atoms with Gasteiger partial charge in [-0.15, -0.1) is 11.3 Å². The van der Waals surface area contributed by atoms with Crippen LogP contribution >= 0.6 is 11.3 Å². The Morgan fingerprint density at radius 1 is 0.540 bits per heavy atom. The molecule has 0 bridgehead atoms. The molecule has 50 heavy (non-hydrogen) atoms. The number of fused-ring (bicyclic) bond motifs is 12. The first kappa shape index (κ1) is 29.4. The minimum Gasteiger partial charge on any atom is -0.135 e. The molecule has 0 N–H and O–H groups in total. The Morgan fingerprint density at radius 2 is 1.06 bits per heavy atom. The Hall–Kier alpha value is -5.50. The molecule has 0 saturated carbocycles. The molecule has 0 radical (unpaired) electrons. The highest BCUT2D eigenvalue weighted by Gasteiger charge is 2.39. The summed E-state index contributed by atoms with van der Waals surface area (Å²) in [7, 11) is 0. The molecule has 1 aliphatic rings. The van der Waals surface area contributed by atoms with Crippen molar-refractivity contribution in [2.24, 2.45) is 0 Å². The van der Waals surface area contributed by atoms with Gasteiger partial charge in [-0.3, -0.25) is 0 Å². The predicted molar refractivity (Wildman–Crippen MR) is 220 cm³/mol. The van der Waals surface area contributed by atoms with Crippen molar-refractivity contribution in [3.05, 3.63) is 162 Å². The third kappa shape index (κ3) is 3.99. The highest BCUT2D eigenvalue weighted by Crippen LogP contribution is 2.58. The molecule has 0 amide bonds. The molecule has 9 aromatic rings. The normalized spacial score (nSPS) is 13.7. The van der Waals surface area contributed by atoms with E-state index in [4.69, 9.17) is 0 Å². The van der Waals surface area contributed by atoms with Crippen LogP contribution in [-0.2, 0) is 5.41 Å². The quantitative estimate of drug-likeness (QED) is 0.166. The largest absolute Gasteiger partial charge is 0.135 e. The highest BCUT2D eigenvalue weighted by atomic mass is 32.1. The molecule has 1 aliphatic carbocycles. The van der Waals surface area contributed by atoms with Crippen LogP contribution in [0.1, 0.15) is 43.0 Å². The Labute approximate surface area is 297 Å². The van der Waals surface area contributed by atoms with E-state index < -0.39 is 0 Å². The van der Waals surface area contributed by atoms with E-state index in [1.54, 1.807) is 0 Å². The van der Waals surface area contributed by atoms with Crippen LogP contribution in [0.2, 0.25) is 0 Å². The standard InChI is InChI=1S/C49H36S/c1-5-14-30-23-24-31(27-29(30)2)43-33-15-6-8-17-35(33)44(36-18-9-7-16-34(36)43)32-25-26-41-40(28-32)45-37-19-10-11-20-38(37)46-39-21-12-13-22-42(39)50-48(46)47(45)49(41,3)4/h5-28H,1-4H3/b14-5-. The van der Waals surface area contributed by atoms with Gasteiger partial charge >= 0.3 is 0 Å². The van der Waals surface area contributed by atoms with Gasteiger partial charge in [0.15, 0.2) is 0 Å². The maximum absolute atomic E-state index is 2.51. The van der Waals surface area contributed by atoms with Gasteiger partial charge in [0, 0.05) is 25.6 Å². The zero-order valence-electron chi connectivity index (χ0n) is 28.8. The summed E-state index contributed by atoms with van der Waals surface area (Å²) in [4.78, 5) is 0. The first-order chi connectivity index (χ1) is 24.5. The van der Waals surface area contributed by atoms with E-state index >= 15 is 0 Å². The monoisotopic (exact) mass is 656 g/mol. The van der Waals surface area contributed by atoms with Crippen molar-refractivity contribution in [3.63, 3.8) is 0 Å². The van der Waals surface area contributed by atoms with Crippen molar-refractivity contribution in [2.45, 2.75) is 33.1 Å². The van der Waals surface area contributed by atoms with Crippen LogP contribution in [0.4, 0.5) is 0 Å². The molecular formula is C49H36S. The fourth-order valence-electron chi connectivity index (χ4n) is 9.07. The van der Waals surface area contributed by atoms with Gasteiger partial charge in [-0.2, -0.15) is 0 Å². The average molecular weight is 657 g/mol. The van der Waals surface area contributed by atoms with E-state index in [2.05, 4.69) is 173 Å². The lowest BCUT2D eigenvalue weighted by atomic mass is 9.80. The smallest absolute Gasteiger partial charge is 0.0408 e. The molecule has 0 nitrogen and oxygen atoms in total. The second-order valence-corrected chi connectivity index (χ2v) is 15.4. The van der Waals surface area contributed by atoms with Crippen molar-refractivity contribution >= 4 is 69.9 Å². The number of aryl methyl sites for hydroxylation is 1. The van der Waals surface area contributed by atoms with Crippen LogP contribution < -0.4 is 0 Å². The Bertz CT molecular complexity index is 2860. The molecule has 8 aromatic carbocycles. The number of benzene rings is 8. The molecule has 0 spiro atoms. The van der Waals surface area contributed by atoms with Crippen LogP contribution in [-0.4, -0.2) is 0 Å². The topological polar surface area (TPSA) is 0 Å². The third-order valence-corrected chi connectivity index (χ3v) is 12.4. The van der Waals surface area contributed by atoms with E-state index in [1.165, 1.54) is 108 Å². The molecule has 1 heterocycles. The van der Waals surface area contributed by atoms with Crippen LogP contribution in [0.25, 0.3) is 91.9 Å². The molecular weight excluding hydrogens is 621 g/mol. The predicted octanol–water partition coefficient (Wildman–Crippen LogP) is 14.5. The van der Waals surface area contributed by atoms with Crippen molar-refractivity contribution < 1.29 is 0 Å². The summed E-state index contributed by atoms with van der Waals surface area (Å²) in [6.45, 7) is 9.16. The van der Waals surface area contributed by atoms with Crippen LogP contribution in [0.3, 0.4) is 0 Å². The summed E-state index contributed by atoms with van der Waals surface area (Å²) in [6, 6.07) is 50.3. The van der Waals surface area contributed by atoms with E-state index in [1.807, 2.05) is 11.3 Å². The fraction of sp³-hybridized carbons (Fsp3) is 0.102. The summed E-state index contributed by atoms with van der Waals surface area (Å²) in [5, 5.41) is 10.6. The van der Waals surface area contributed by atoms with Gasteiger partial charge in [0.2, 0.25) is 0 Å². The zero-order chi connectivity index (χ0) is 33.7. The fourth-order valence-corrected chi connectivity index (χ4v) is 10.5. The summed E-state index contributed by atoms with van der Waals surface area (Å²) >= 11 is 1.96. The molecule has 10 rings (SSSR count). The molecule has 0 aliphatic heterocycles. The van der Waals surface area contributed by atoms with Crippen LogP contribution in [0.15, 0.2) is 140 Å². The molecule has 238 valence electrons. The maximum Gasteiger partial charge on any atom is 0.0408 e. The van der Waals surface area contributed by atoms with Crippen molar-refractivity contribution in [3.8, 4) is 33.4 Å². The molecule has 1 aromatic heterocycles. The molecule has 0 unspecified atom stereocenters. The minimum absolute atomic E-state index is 0.128. The second kappa shape index (κ2) is 10.7. The van der Waals surface area contributed by atoms with Gasteiger partial charge in [-0.25, -0.2) is 0 Å². The third-order valence-electron chi connectivity index (χ3n) is 11.3. The number of hydrogen-bond donors (Lipinski definition) is 0. The van der Waals surface area contributed by atoms with Crippen LogP contribution in [0.5, 0.6) is 0 Å². The number of thiophene rings is 1. The van der Waals surface area contributed by atoms with Crippen molar-refractivity contribution in [1.29, 1.82) is 0 Å². The van der Waals surface area contributed by atoms with Gasteiger partial charge < -0.3 is 0 Å². The number of allylic oxidation sites excluding steroid dienone is 1. The maximum atomic E-state index is 2.51. The van der Waals surface area contributed by atoms with Crippen molar-refractivity contribution in [1.82, 2.24) is 0 Å². The van der Waals surface area contributed by atoms with E-state index in [0.29, 0.717) is 0 Å². The lowest BCUT2D eigenvalue weighted by Gasteiger charge is -2.23. The number of rotatable bonds is 3. The zero-order valence-corrected chi connectivity index (χ0v) is 29.6. The lowest BCUT2D eigenvalue weighted by Crippen LogP contribution is -2.15.